The number of aromatic hydroxyl groups is 1. The highest BCUT2D eigenvalue weighted by Crippen LogP contribution is 2.43. The van der Waals surface area contributed by atoms with Gasteiger partial charge in [0.1, 0.15) is 11.6 Å². The Morgan fingerprint density at radius 3 is 2.80 bits per heavy atom. The van der Waals surface area contributed by atoms with Crippen molar-refractivity contribution in [1.82, 2.24) is 15.2 Å². The van der Waals surface area contributed by atoms with E-state index in [0.29, 0.717) is 11.2 Å². The van der Waals surface area contributed by atoms with E-state index in [9.17, 15) is 9.50 Å². The molecule has 4 aromatic rings. The third kappa shape index (κ3) is 2.00. The van der Waals surface area contributed by atoms with Gasteiger partial charge in [0.05, 0.1) is 12.2 Å². The monoisotopic (exact) mass is 332 g/mol. The van der Waals surface area contributed by atoms with Gasteiger partial charge in [0.25, 0.3) is 0 Å². The van der Waals surface area contributed by atoms with Crippen LogP contribution in [0.5, 0.6) is 5.75 Å². The number of para-hydroxylation sites is 1. The highest BCUT2D eigenvalue weighted by atomic mass is 19.1. The van der Waals surface area contributed by atoms with Crippen molar-refractivity contribution in [1.29, 1.82) is 0 Å². The van der Waals surface area contributed by atoms with E-state index in [-0.39, 0.29) is 5.75 Å². The first kappa shape index (κ1) is 14.0. The number of phenols is 1. The normalized spacial score (nSPS) is 15.5. The van der Waals surface area contributed by atoms with Gasteiger partial charge in [-0.05, 0) is 12.1 Å². The van der Waals surface area contributed by atoms with E-state index in [1.165, 1.54) is 6.07 Å². The molecular formula is C19H13FN4O. The van der Waals surface area contributed by atoms with Gasteiger partial charge in [-0.2, -0.15) is 5.10 Å². The number of fused-ring (bicyclic) bond motifs is 2. The second-order valence-electron chi connectivity index (χ2n) is 6.05. The maximum atomic E-state index is 14.6. The van der Waals surface area contributed by atoms with Crippen LogP contribution in [-0.2, 0) is 0 Å². The number of rotatable bonds is 1. The van der Waals surface area contributed by atoms with Crippen LogP contribution < -0.4 is 5.32 Å². The second kappa shape index (κ2) is 5.04. The van der Waals surface area contributed by atoms with E-state index in [1.54, 1.807) is 12.3 Å². The molecule has 0 fully saturated rings. The van der Waals surface area contributed by atoms with Crippen LogP contribution in [0.25, 0.3) is 22.2 Å². The summed E-state index contributed by atoms with van der Waals surface area (Å²) >= 11 is 0. The van der Waals surface area contributed by atoms with Gasteiger partial charge in [-0.25, -0.2) is 4.39 Å². The van der Waals surface area contributed by atoms with Crippen molar-refractivity contribution in [3.63, 3.8) is 0 Å². The number of phenolic OH excluding ortho intramolecular Hbond substituents is 1. The molecule has 0 spiro atoms. The van der Waals surface area contributed by atoms with Crippen LogP contribution in [0.4, 0.5) is 10.1 Å². The number of anilines is 1. The Labute approximate surface area is 142 Å². The van der Waals surface area contributed by atoms with Crippen LogP contribution in [0.2, 0.25) is 0 Å². The summed E-state index contributed by atoms with van der Waals surface area (Å²) < 4.78 is 14.6. The average Bonchev–Trinajstić information content (AvgIpc) is 2.98. The molecule has 0 aliphatic carbocycles. The molecule has 2 aromatic heterocycles. The largest absolute Gasteiger partial charge is 0.508 e. The predicted octanol–water partition coefficient (Wildman–Crippen LogP) is 3.98. The molecule has 0 saturated carbocycles. The van der Waals surface area contributed by atoms with Crippen molar-refractivity contribution < 1.29 is 9.50 Å². The summed E-state index contributed by atoms with van der Waals surface area (Å²) in [7, 11) is 0. The molecule has 3 heterocycles. The van der Waals surface area contributed by atoms with Crippen molar-refractivity contribution in [2.75, 3.05) is 5.32 Å². The highest BCUT2D eigenvalue weighted by molar-refractivity contribution is 6.00. The van der Waals surface area contributed by atoms with Gasteiger partial charge in [0, 0.05) is 45.6 Å². The minimum Gasteiger partial charge on any atom is -0.508 e. The molecule has 1 atom stereocenters. The fourth-order valence-electron chi connectivity index (χ4n) is 3.50. The van der Waals surface area contributed by atoms with Gasteiger partial charge in [0.2, 0.25) is 0 Å². The van der Waals surface area contributed by atoms with Crippen LogP contribution >= 0.6 is 0 Å². The molecule has 0 bridgehead atoms. The van der Waals surface area contributed by atoms with Crippen molar-refractivity contribution in [3.8, 4) is 16.9 Å². The van der Waals surface area contributed by atoms with Crippen LogP contribution in [0.3, 0.4) is 0 Å². The lowest BCUT2D eigenvalue weighted by Crippen LogP contribution is -2.13. The van der Waals surface area contributed by atoms with Gasteiger partial charge in [-0.15, -0.1) is 5.10 Å². The molecule has 5 rings (SSSR count). The lowest BCUT2D eigenvalue weighted by molar-refractivity contribution is 0.467. The quantitative estimate of drug-likeness (QED) is 0.493. The van der Waals surface area contributed by atoms with Crippen LogP contribution in [-0.4, -0.2) is 20.3 Å². The molecule has 122 valence electrons. The maximum Gasteiger partial charge on any atom is 0.160 e. The summed E-state index contributed by atoms with van der Waals surface area (Å²) in [6.07, 6.45) is 3.56. The van der Waals surface area contributed by atoms with E-state index in [0.717, 1.165) is 33.8 Å². The zero-order chi connectivity index (χ0) is 17.0. The zero-order valence-corrected chi connectivity index (χ0v) is 13.0. The van der Waals surface area contributed by atoms with Crippen LogP contribution in [0.1, 0.15) is 17.2 Å². The van der Waals surface area contributed by atoms with Crippen LogP contribution in [0, 0.1) is 5.82 Å². The first-order chi connectivity index (χ1) is 12.2. The fourth-order valence-corrected chi connectivity index (χ4v) is 3.50. The Morgan fingerprint density at radius 1 is 1.04 bits per heavy atom. The fraction of sp³-hybridized carbons (Fsp3) is 0.0526. The molecule has 0 amide bonds. The Morgan fingerprint density at radius 2 is 1.92 bits per heavy atom. The molecule has 25 heavy (non-hydrogen) atoms. The number of aromatic nitrogens is 3. The number of H-pyrrole nitrogens is 1. The molecule has 0 saturated heterocycles. The molecule has 0 radical (unpaired) electrons. The minimum atomic E-state index is -0.463. The first-order valence-electron chi connectivity index (χ1n) is 7.89. The number of benzene rings is 2. The van der Waals surface area contributed by atoms with E-state index in [2.05, 4.69) is 20.5 Å². The van der Waals surface area contributed by atoms with E-state index >= 15 is 0 Å². The van der Waals surface area contributed by atoms with Crippen LogP contribution in [0.15, 0.2) is 54.9 Å². The van der Waals surface area contributed by atoms with Crippen molar-refractivity contribution in [2.45, 2.75) is 6.04 Å². The summed E-state index contributed by atoms with van der Waals surface area (Å²) in [6.45, 7) is 0. The number of hydrogen-bond acceptors (Lipinski definition) is 4. The van der Waals surface area contributed by atoms with Gasteiger partial charge >= 0.3 is 0 Å². The number of halogens is 1. The number of nitrogens with one attached hydrogen (secondary N) is 2. The standard InChI is InChI=1S/C19H13FN4O/c20-15-7-10(25)5-6-12(15)18-14-8-21-19-17(14)13(9-22-24-19)11-3-1-2-4-16(11)23-18/h1-9,18,23,25H,(H,21,24). The summed E-state index contributed by atoms with van der Waals surface area (Å²) in [4.78, 5) is 3.12. The van der Waals surface area contributed by atoms with Gasteiger partial charge in [-0.1, -0.05) is 24.3 Å². The van der Waals surface area contributed by atoms with Crippen molar-refractivity contribution >= 4 is 16.7 Å². The molecule has 5 nitrogen and oxygen atoms in total. The third-order valence-corrected chi connectivity index (χ3v) is 4.63. The zero-order valence-electron chi connectivity index (χ0n) is 13.0. The van der Waals surface area contributed by atoms with E-state index in [1.807, 2.05) is 30.5 Å². The summed E-state index contributed by atoms with van der Waals surface area (Å²) in [5.74, 6) is -0.560. The average molecular weight is 332 g/mol. The Kier molecular flexibility index (Phi) is 2.82. The van der Waals surface area contributed by atoms with E-state index in [4.69, 9.17) is 0 Å². The van der Waals surface area contributed by atoms with Gasteiger partial charge in [0.15, 0.2) is 5.65 Å². The topological polar surface area (TPSA) is 73.8 Å². The van der Waals surface area contributed by atoms with Gasteiger partial charge in [-0.3, -0.25) is 0 Å². The predicted molar refractivity (Wildman–Crippen MR) is 92.9 cm³/mol. The van der Waals surface area contributed by atoms with Crippen molar-refractivity contribution in [2.24, 2.45) is 0 Å². The maximum absolute atomic E-state index is 14.6. The summed E-state index contributed by atoms with van der Waals surface area (Å²) in [5, 5.41) is 22.1. The summed E-state index contributed by atoms with van der Waals surface area (Å²) in [6, 6.07) is 11.7. The molecular weight excluding hydrogens is 319 g/mol. The SMILES string of the molecule is Oc1ccc(C2Nc3ccccc3-c3cnnc4[nH]cc2c34)c(F)c1. The van der Waals surface area contributed by atoms with Crippen molar-refractivity contribution in [3.05, 3.63) is 71.8 Å². The number of nitrogens with zero attached hydrogens (tertiary/aromatic N) is 2. The Bertz CT molecular complexity index is 1120. The molecule has 3 N–H and O–H groups in total. The van der Waals surface area contributed by atoms with Gasteiger partial charge < -0.3 is 15.4 Å². The van der Waals surface area contributed by atoms with E-state index < -0.39 is 11.9 Å². The Balaban J connectivity index is 1.85. The third-order valence-electron chi connectivity index (χ3n) is 4.63. The lowest BCUT2D eigenvalue weighted by Gasteiger charge is -2.20. The highest BCUT2D eigenvalue weighted by Gasteiger charge is 2.27. The minimum absolute atomic E-state index is 0.0965. The number of aromatic amines is 1. The molecule has 6 heteroatoms. The second-order valence-corrected chi connectivity index (χ2v) is 6.05. The summed E-state index contributed by atoms with van der Waals surface area (Å²) in [5.41, 5.74) is 4.84. The Hall–Kier alpha value is -3.41. The number of hydrogen-bond donors (Lipinski definition) is 3. The molecule has 1 unspecified atom stereocenters. The first-order valence-corrected chi connectivity index (χ1v) is 7.89. The molecule has 1 aliphatic heterocycles. The molecule has 2 aromatic carbocycles. The molecule has 1 aliphatic rings. The smallest absolute Gasteiger partial charge is 0.160 e. The lowest BCUT2D eigenvalue weighted by atomic mass is 9.97.